The Morgan fingerprint density at radius 3 is 2.43 bits per heavy atom. The fourth-order valence-corrected chi connectivity index (χ4v) is 4.79. The quantitative estimate of drug-likeness (QED) is 0.390. The first-order valence-electron chi connectivity index (χ1n) is 10.6. The van der Waals surface area contributed by atoms with Crippen LogP contribution in [0, 0.1) is 5.92 Å². The van der Waals surface area contributed by atoms with Crippen molar-refractivity contribution in [3.8, 4) is 0 Å². The number of amides is 1. The van der Waals surface area contributed by atoms with Crippen LogP contribution in [0.15, 0.2) is 81.9 Å². The summed E-state index contributed by atoms with van der Waals surface area (Å²) >= 11 is 3.47. The van der Waals surface area contributed by atoms with Crippen molar-refractivity contribution < 1.29 is 4.79 Å². The van der Waals surface area contributed by atoms with Crippen LogP contribution in [0.25, 0.3) is 16.8 Å². The first-order chi connectivity index (χ1) is 14.7. The lowest BCUT2D eigenvalue weighted by atomic mass is 9.88. The fourth-order valence-electron chi connectivity index (χ4n) is 4.52. The number of benzene rings is 3. The molecule has 4 heteroatoms. The van der Waals surface area contributed by atoms with E-state index in [0.29, 0.717) is 11.6 Å². The summed E-state index contributed by atoms with van der Waals surface area (Å²) in [5, 5.41) is 2.22. The summed E-state index contributed by atoms with van der Waals surface area (Å²) in [4.78, 5) is 20.4. The van der Waals surface area contributed by atoms with Gasteiger partial charge in [-0.15, -0.1) is 0 Å². The Bertz CT molecular complexity index is 1150. The van der Waals surface area contributed by atoms with Crippen molar-refractivity contribution in [1.82, 2.24) is 0 Å². The van der Waals surface area contributed by atoms with Gasteiger partial charge in [0.15, 0.2) is 0 Å². The summed E-state index contributed by atoms with van der Waals surface area (Å²) in [7, 11) is 0. The number of rotatable bonds is 3. The van der Waals surface area contributed by atoms with Gasteiger partial charge in [0.2, 0.25) is 0 Å². The van der Waals surface area contributed by atoms with Crippen molar-refractivity contribution in [1.29, 1.82) is 0 Å². The van der Waals surface area contributed by atoms with Crippen molar-refractivity contribution in [3.05, 3.63) is 82.5 Å². The summed E-state index contributed by atoms with van der Waals surface area (Å²) in [6, 6.07) is 22.4. The van der Waals surface area contributed by atoms with Gasteiger partial charge in [0.05, 0.1) is 5.69 Å². The van der Waals surface area contributed by atoms with Crippen LogP contribution in [0.4, 0.5) is 5.69 Å². The minimum atomic E-state index is -0.0326. The lowest BCUT2D eigenvalue weighted by Gasteiger charge is -2.28. The number of aliphatic imine (C=N–C) groups is 1. The molecule has 1 amide bonds. The Hall–Kier alpha value is -2.72. The van der Waals surface area contributed by atoms with Crippen molar-refractivity contribution in [2.45, 2.75) is 32.1 Å². The van der Waals surface area contributed by atoms with Crippen LogP contribution in [-0.4, -0.2) is 11.7 Å². The van der Waals surface area contributed by atoms with Gasteiger partial charge in [-0.05, 0) is 48.1 Å². The van der Waals surface area contributed by atoms with Crippen LogP contribution in [0.3, 0.4) is 0 Å². The molecule has 0 aromatic heterocycles. The molecule has 3 aromatic carbocycles. The monoisotopic (exact) mass is 458 g/mol. The first kappa shape index (κ1) is 19.3. The molecule has 150 valence electrons. The van der Waals surface area contributed by atoms with E-state index in [9.17, 15) is 4.79 Å². The van der Waals surface area contributed by atoms with Gasteiger partial charge >= 0.3 is 0 Å². The maximum absolute atomic E-state index is 13.6. The molecule has 1 aliphatic carbocycles. The molecule has 0 saturated heterocycles. The second-order valence-electron chi connectivity index (χ2n) is 8.02. The zero-order valence-corrected chi connectivity index (χ0v) is 18.3. The SMILES string of the molecule is O=C1C(=Cc2ccc(Br)cc2)N=C(C2CCCCC2)N1c1cccc2ccccc12. The van der Waals surface area contributed by atoms with Crippen molar-refractivity contribution in [2.75, 3.05) is 4.90 Å². The summed E-state index contributed by atoms with van der Waals surface area (Å²) in [6.45, 7) is 0. The summed E-state index contributed by atoms with van der Waals surface area (Å²) < 4.78 is 1.02. The largest absolute Gasteiger partial charge is 0.282 e. The molecule has 30 heavy (non-hydrogen) atoms. The normalized spacial score (nSPS) is 19.0. The number of carbonyl (C=O) groups is 1. The third-order valence-corrected chi connectivity index (χ3v) is 6.57. The third kappa shape index (κ3) is 3.61. The van der Waals surface area contributed by atoms with E-state index in [2.05, 4.69) is 34.1 Å². The summed E-state index contributed by atoms with van der Waals surface area (Å²) in [6.07, 6.45) is 7.77. The van der Waals surface area contributed by atoms with Crippen molar-refractivity contribution >= 4 is 50.2 Å². The van der Waals surface area contributed by atoms with E-state index in [1.165, 1.54) is 19.3 Å². The molecule has 3 aromatic rings. The lowest BCUT2D eigenvalue weighted by Crippen LogP contribution is -2.37. The number of hydrogen-bond acceptors (Lipinski definition) is 2. The Balaban J connectivity index is 1.62. The highest BCUT2D eigenvalue weighted by molar-refractivity contribution is 9.10. The van der Waals surface area contributed by atoms with E-state index in [-0.39, 0.29) is 5.91 Å². The molecular weight excluding hydrogens is 436 g/mol. The van der Waals surface area contributed by atoms with Crippen LogP contribution < -0.4 is 4.90 Å². The van der Waals surface area contributed by atoms with Crippen LogP contribution in [0.2, 0.25) is 0 Å². The standard InChI is InChI=1S/C26H23BrN2O/c27-21-15-13-18(14-16-21)17-23-26(30)29(25(28-23)20-8-2-1-3-9-20)24-12-6-10-19-7-4-5-11-22(19)24/h4-7,10-17,20H,1-3,8-9H2. The van der Waals surface area contributed by atoms with E-state index in [0.717, 1.165) is 45.2 Å². The molecule has 0 spiro atoms. The van der Waals surface area contributed by atoms with Gasteiger partial charge in [-0.25, -0.2) is 4.99 Å². The number of nitrogens with zero attached hydrogens (tertiary/aromatic N) is 2. The smallest absolute Gasteiger partial charge is 0.266 e. The maximum atomic E-state index is 13.6. The van der Waals surface area contributed by atoms with E-state index < -0.39 is 0 Å². The molecule has 2 aliphatic rings. The van der Waals surface area contributed by atoms with E-state index in [1.807, 2.05) is 59.5 Å². The number of amidine groups is 1. The minimum absolute atomic E-state index is 0.0326. The van der Waals surface area contributed by atoms with Gasteiger partial charge in [-0.2, -0.15) is 0 Å². The molecule has 0 atom stereocenters. The molecule has 1 heterocycles. The van der Waals surface area contributed by atoms with E-state index in [1.54, 1.807) is 0 Å². The molecule has 0 radical (unpaired) electrons. The van der Waals surface area contributed by atoms with E-state index >= 15 is 0 Å². The summed E-state index contributed by atoms with van der Waals surface area (Å²) in [5.74, 6) is 1.21. The highest BCUT2D eigenvalue weighted by Crippen LogP contribution is 2.36. The average molecular weight is 459 g/mol. The third-order valence-electron chi connectivity index (χ3n) is 6.04. The predicted octanol–water partition coefficient (Wildman–Crippen LogP) is 6.97. The highest BCUT2D eigenvalue weighted by Gasteiger charge is 2.36. The van der Waals surface area contributed by atoms with Crippen molar-refractivity contribution in [3.63, 3.8) is 0 Å². The molecule has 5 rings (SSSR count). The topological polar surface area (TPSA) is 32.7 Å². The lowest BCUT2D eigenvalue weighted by molar-refractivity contribution is -0.113. The van der Waals surface area contributed by atoms with Gasteiger partial charge < -0.3 is 0 Å². The van der Waals surface area contributed by atoms with Crippen molar-refractivity contribution in [2.24, 2.45) is 10.9 Å². The molecule has 1 fully saturated rings. The van der Waals surface area contributed by atoms with E-state index in [4.69, 9.17) is 4.99 Å². The van der Waals surface area contributed by atoms with Crippen LogP contribution in [0.5, 0.6) is 0 Å². The number of halogens is 1. The van der Waals surface area contributed by atoms with Crippen LogP contribution in [0.1, 0.15) is 37.7 Å². The number of carbonyl (C=O) groups excluding carboxylic acids is 1. The number of fused-ring (bicyclic) bond motifs is 1. The Morgan fingerprint density at radius 1 is 0.900 bits per heavy atom. The fraction of sp³-hybridized carbons (Fsp3) is 0.231. The predicted molar refractivity (Wildman–Crippen MR) is 128 cm³/mol. The average Bonchev–Trinajstić information content (AvgIpc) is 3.11. The van der Waals surface area contributed by atoms with Gasteiger partial charge in [0.1, 0.15) is 11.5 Å². The molecular formula is C26H23BrN2O. The second-order valence-corrected chi connectivity index (χ2v) is 8.94. The summed E-state index contributed by atoms with van der Waals surface area (Å²) in [5.41, 5.74) is 2.43. The molecule has 1 saturated carbocycles. The maximum Gasteiger partial charge on any atom is 0.282 e. The molecule has 3 nitrogen and oxygen atoms in total. The zero-order chi connectivity index (χ0) is 20.5. The molecule has 0 bridgehead atoms. The van der Waals surface area contributed by atoms with Crippen LogP contribution in [-0.2, 0) is 4.79 Å². The zero-order valence-electron chi connectivity index (χ0n) is 16.7. The van der Waals surface area contributed by atoms with Gasteiger partial charge in [-0.1, -0.05) is 83.7 Å². The Kier molecular flexibility index (Phi) is 5.26. The first-order valence-corrected chi connectivity index (χ1v) is 11.4. The van der Waals surface area contributed by atoms with Gasteiger partial charge in [-0.3, -0.25) is 9.69 Å². The van der Waals surface area contributed by atoms with Gasteiger partial charge in [0.25, 0.3) is 5.91 Å². The van der Waals surface area contributed by atoms with Crippen LogP contribution >= 0.6 is 15.9 Å². The molecule has 1 aliphatic heterocycles. The molecule has 0 unspecified atom stereocenters. The second kappa shape index (κ2) is 8.19. The highest BCUT2D eigenvalue weighted by atomic mass is 79.9. The number of hydrogen-bond donors (Lipinski definition) is 0. The molecule has 0 N–H and O–H groups in total. The Morgan fingerprint density at radius 2 is 1.63 bits per heavy atom. The minimum Gasteiger partial charge on any atom is -0.266 e. The van der Waals surface area contributed by atoms with Gasteiger partial charge in [0, 0.05) is 15.8 Å². The Labute approximate surface area is 185 Å². The number of anilines is 1.